The molecule has 0 amide bonds. The van der Waals surface area contributed by atoms with E-state index in [0.29, 0.717) is 12.8 Å². The molecule has 0 aromatic carbocycles. The molecule has 0 aliphatic carbocycles. The van der Waals surface area contributed by atoms with Crippen LogP contribution in [0.2, 0.25) is 0 Å². The molecule has 6 nitrogen and oxygen atoms in total. The van der Waals surface area contributed by atoms with Crippen molar-refractivity contribution in [1.29, 1.82) is 0 Å². The monoisotopic (exact) mass is 307 g/mol. The topological polar surface area (TPSA) is 92.7 Å². The van der Waals surface area contributed by atoms with Gasteiger partial charge in [0.2, 0.25) is 10.0 Å². The number of hydrogen-bond donors (Lipinski definition) is 2. The second kappa shape index (κ2) is 6.99. The standard InChI is InChI=1S/C11H17NO5S2/c1-8(4-3-6-13)12-19(15,16)9-5-7-18-10(9)11(14)17-2/h5,7-8,12-13H,3-4,6H2,1-2H3. The minimum absolute atomic E-state index is 0.0118. The number of aliphatic hydroxyl groups is 1. The molecular formula is C11H17NO5S2. The number of rotatable bonds is 7. The van der Waals surface area contributed by atoms with Crippen LogP contribution in [0, 0.1) is 0 Å². The van der Waals surface area contributed by atoms with Gasteiger partial charge in [-0.15, -0.1) is 11.3 Å². The van der Waals surface area contributed by atoms with E-state index in [1.54, 1.807) is 6.92 Å². The molecule has 0 bridgehead atoms. The van der Waals surface area contributed by atoms with Crippen molar-refractivity contribution in [2.45, 2.75) is 30.7 Å². The average molecular weight is 307 g/mol. The second-order valence-electron chi connectivity index (χ2n) is 3.99. The first kappa shape index (κ1) is 16.1. The van der Waals surface area contributed by atoms with Gasteiger partial charge in [0.15, 0.2) is 0 Å². The molecule has 0 spiro atoms. The summed E-state index contributed by atoms with van der Waals surface area (Å²) in [6, 6.07) is 1.06. The Hall–Kier alpha value is -0.960. The number of carbonyl (C=O) groups is 1. The second-order valence-corrected chi connectivity index (χ2v) is 6.59. The molecule has 1 atom stereocenters. The maximum absolute atomic E-state index is 12.1. The third-order valence-electron chi connectivity index (χ3n) is 2.44. The Morgan fingerprint density at radius 1 is 1.58 bits per heavy atom. The fraction of sp³-hybridized carbons (Fsp3) is 0.545. The highest BCUT2D eigenvalue weighted by Crippen LogP contribution is 2.23. The Morgan fingerprint density at radius 3 is 2.84 bits per heavy atom. The third-order valence-corrected chi connectivity index (χ3v) is 5.10. The normalized spacial score (nSPS) is 13.2. The first-order valence-corrected chi connectivity index (χ1v) is 8.07. The minimum atomic E-state index is -3.75. The summed E-state index contributed by atoms with van der Waals surface area (Å²) in [5.74, 6) is -0.668. The van der Waals surface area contributed by atoms with Gasteiger partial charge in [0.25, 0.3) is 0 Å². The number of aliphatic hydroxyl groups excluding tert-OH is 1. The van der Waals surface area contributed by atoms with E-state index in [1.165, 1.54) is 18.6 Å². The van der Waals surface area contributed by atoms with Gasteiger partial charge >= 0.3 is 5.97 Å². The fourth-order valence-electron chi connectivity index (χ4n) is 1.54. The number of carbonyl (C=O) groups excluding carboxylic acids is 1. The zero-order chi connectivity index (χ0) is 14.5. The van der Waals surface area contributed by atoms with Crippen molar-refractivity contribution in [2.75, 3.05) is 13.7 Å². The maximum Gasteiger partial charge on any atom is 0.349 e. The molecule has 19 heavy (non-hydrogen) atoms. The van der Waals surface area contributed by atoms with E-state index in [0.717, 1.165) is 11.3 Å². The molecule has 0 saturated heterocycles. The molecule has 108 valence electrons. The largest absolute Gasteiger partial charge is 0.465 e. The van der Waals surface area contributed by atoms with E-state index >= 15 is 0 Å². The molecule has 1 aromatic heterocycles. The first-order chi connectivity index (χ1) is 8.92. The van der Waals surface area contributed by atoms with Gasteiger partial charge in [-0.1, -0.05) is 0 Å². The molecule has 1 rings (SSSR count). The summed E-state index contributed by atoms with van der Waals surface area (Å²) >= 11 is 1.02. The maximum atomic E-state index is 12.1. The summed E-state index contributed by atoms with van der Waals surface area (Å²) in [6.45, 7) is 1.72. The summed E-state index contributed by atoms with van der Waals surface area (Å²) in [4.78, 5) is 11.5. The smallest absolute Gasteiger partial charge is 0.349 e. The molecule has 1 heterocycles. The van der Waals surface area contributed by atoms with Crippen molar-refractivity contribution in [2.24, 2.45) is 0 Å². The molecule has 1 aromatic rings. The lowest BCUT2D eigenvalue weighted by Crippen LogP contribution is -2.33. The van der Waals surface area contributed by atoms with Crippen molar-refractivity contribution in [3.8, 4) is 0 Å². The van der Waals surface area contributed by atoms with Crippen LogP contribution in [-0.2, 0) is 14.8 Å². The van der Waals surface area contributed by atoms with E-state index in [4.69, 9.17) is 5.11 Å². The number of thiophene rings is 1. The first-order valence-electron chi connectivity index (χ1n) is 5.71. The highest BCUT2D eigenvalue weighted by Gasteiger charge is 2.25. The summed E-state index contributed by atoms with van der Waals surface area (Å²) < 4.78 is 31.3. The Morgan fingerprint density at radius 2 is 2.26 bits per heavy atom. The van der Waals surface area contributed by atoms with Crippen LogP contribution in [0.4, 0.5) is 0 Å². The van der Waals surface area contributed by atoms with Gasteiger partial charge < -0.3 is 9.84 Å². The Balaban J connectivity index is 2.89. The van der Waals surface area contributed by atoms with Crippen LogP contribution in [-0.4, -0.2) is 39.3 Å². The summed E-state index contributed by atoms with van der Waals surface area (Å²) in [5, 5.41) is 10.2. The van der Waals surface area contributed by atoms with Crippen LogP contribution in [0.3, 0.4) is 0 Å². The lowest BCUT2D eigenvalue weighted by molar-refractivity contribution is 0.0602. The van der Waals surface area contributed by atoms with Gasteiger partial charge in [0.05, 0.1) is 7.11 Å². The number of nitrogens with one attached hydrogen (secondary N) is 1. The summed E-state index contributed by atoms with van der Waals surface area (Å²) in [5.41, 5.74) is 0. The molecule has 8 heteroatoms. The number of methoxy groups -OCH3 is 1. The Bertz CT molecular complexity index is 523. The summed E-state index contributed by atoms with van der Waals surface area (Å²) in [7, 11) is -2.55. The molecule has 0 aliphatic heterocycles. The molecule has 2 N–H and O–H groups in total. The molecule has 1 unspecified atom stereocenters. The highest BCUT2D eigenvalue weighted by atomic mass is 32.2. The van der Waals surface area contributed by atoms with Crippen molar-refractivity contribution in [3.63, 3.8) is 0 Å². The number of sulfonamides is 1. The molecule has 0 saturated carbocycles. The van der Waals surface area contributed by atoms with Crippen molar-refractivity contribution in [3.05, 3.63) is 16.3 Å². The fourth-order valence-corrected chi connectivity index (χ4v) is 4.15. The van der Waals surface area contributed by atoms with Crippen LogP contribution in [0.25, 0.3) is 0 Å². The Kier molecular flexibility index (Phi) is 5.92. The number of hydrogen-bond acceptors (Lipinski definition) is 6. The van der Waals surface area contributed by atoms with E-state index in [2.05, 4.69) is 9.46 Å². The van der Waals surface area contributed by atoms with E-state index in [1.807, 2.05) is 0 Å². The third kappa shape index (κ3) is 4.27. The van der Waals surface area contributed by atoms with E-state index in [-0.39, 0.29) is 22.4 Å². The van der Waals surface area contributed by atoms with Gasteiger partial charge in [0, 0.05) is 12.6 Å². The average Bonchev–Trinajstić information content (AvgIpc) is 2.84. The zero-order valence-electron chi connectivity index (χ0n) is 10.8. The zero-order valence-corrected chi connectivity index (χ0v) is 12.4. The SMILES string of the molecule is COC(=O)c1sccc1S(=O)(=O)NC(C)CCCO. The number of esters is 1. The van der Waals surface area contributed by atoms with Gasteiger partial charge in [-0.2, -0.15) is 0 Å². The van der Waals surface area contributed by atoms with E-state index in [9.17, 15) is 13.2 Å². The highest BCUT2D eigenvalue weighted by molar-refractivity contribution is 7.89. The van der Waals surface area contributed by atoms with Gasteiger partial charge in [-0.05, 0) is 31.2 Å². The van der Waals surface area contributed by atoms with Crippen LogP contribution in [0.1, 0.15) is 29.4 Å². The van der Waals surface area contributed by atoms with Gasteiger partial charge in [-0.25, -0.2) is 17.9 Å². The van der Waals surface area contributed by atoms with Gasteiger partial charge in [-0.3, -0.25) is 0 Å². The molecular weight excluding hydrogens is 290 g/mol. The molecule has 0 aliphatic rings. The van der Waals surface area contributed by atoms with Gasteiger partial charge in [0.1, 0.15) is 9.77 Å². The predicted molar refractivity (Wildman–Crippen MR) is 71.8 cm³/mol. The molecule has 0 radical (unpaired) electrons. The summed E-state index contributed by atoms with van der Waals surface area (Å²) in [6.07, 6.45) is 1.03. The lowest BCUT2D eigenvalue weighted by Gasteiger charge is -2.13. The quantitative estimate of drug-likeness (QED) is 0.732. The van der Waals surface area contributed by atoms with Crippen LogP contribution >= 0.6 is 11.3 Å². The van der Waals surface area contributed by atoms with Crippen molar-refractivity contribution in [1.82, 2.24) is 4.72 Å². The van der Waals surface area contributed by atoms with Crippen molar-refractivity contribution >= 4 is 27.3 Å². The van der Waals surface area contributed by atoms with Crippen LogP contribution in [0.15, 0.2) is 16.3 Å². The molecule has 0 fully saturated rings. The minimum Gasteiger partial charge on any atom is -0.465 e. The van der Waals surface area contributed by atoms with Crippen LogP contribution < -0.4 is 4.72 Å². The number of ether oxygens (including phenoxy) is 1. The van der Waals surface area contributed by atoms with E-state index < -0.39 is 16.0 Å². The predicted octanol–water partition coefficient (Wildman–Crippen LogP) is 0.974. The Labute approximate surface area is 116 Å². The lowest BCUT2D eigenvalue weighted by atomic mass is 10.2. The van der Waals surface area contributed by atoms with Crippen LogP contribution in [0.5, 0.6) is 0 Å². The van der Waals surface area contributed by atoms with Crippen molar-refractivity contribution < 1.29 is 23.1 Å².